The van der Waals surface area contributed by atoms with Crippen molar-refractivity contribution < 1.29 is 4.79 Å². The minimum absolute atomic E-state index is 0.122. The molecule has 0 N–H and O–H groups in total. The average Bonchev–Trinajstić information content (AvgIpc) is 3.11. The van der Waals surface area contributed by atoms with Crippen molar-refractivity contribution in [3.05, 3.63) is 71.8 Å². The van der Waals surface area contributed by atoms with Crippen molar-refractivity contribution in [2.24, 2.45) is 0 Å². The van der Waals surface area contributed by atoms with Gasteiger partial charge in [-0.2, -0.15) is 0 Å². The second kappa shape index (κ2) is 4.30. The van der Waals surface area contributed by atoms with Crippen molar-refractivity contribution in [3.8, 4) is 0 Å². The first-order valence-corrected chi connectivity index (χ1v) is 6.21. The zero-order valence-electron chi connectivity index (χ0n) is 10.3. The number of amides is 1. The SMILES string of the molecule is C[C@@H]1[C@H](c2ccccc2)N1C(=O)c1ccccc1. The highest BCUT2D eigenvalue weighted by molar-refractivity contribution is 5.96. The monoisotopic (exact) mass is 237 g/mol. The maximum Gasteiger partial charge on any atom is 0.254 e. The Morgan fingerprint density at radius 1 is 0.944 bits per heavy atom. The lowest BCUT2D eigenvalue weighted by Crippen LogP contribution is -2.12. The second-order valence-corrected chi connectivity index (χ2v) is 4.67. The minimum Gasteiger partial charge on any atom is -0.324 e. The zero-order valence-corrected chi connectivity index (χ0v) is 10.3. The van der Waals surface area contributed by atoms with E-state index in [2.05, 4.69) is 19.1 Å². The molecule has 1 aliphatic rings. The lowest BCUT2D eigenvalue weighted by Gasteiger charge is -2.04. The van der Waals surface area contributed by atoms with Gasteiger partial charge in [0.25, 0.3) is 5.91 Å². The number of hydrogen-bond acceptors (Lipinski definition) is 1. The van der Waals surface area contributed by atoms with Crippen LogP contribution in [0.5, 0.6) is 0 Å². The molecule has 2 heteroatoms. The van der Waals surface area contributed by atoms with Crippen molar-refractivity contribution in [2.45, 2.75) is 19.0 Å². The van der Waals surface area contributed by atoms with E-state index in [0.29, 0.717) is 6.04 Å². The first-order chi connectivity index (χ1) is 8.79. The van der Waals surface area contributed by atoms with Gasteiger partial charge < -0.3 is 4.90 Å². The first kappa shape index (κ1) is 11.0. The smallest absolute Gasteiger partial charge is 0.254 e. The van der Waals surface area contributed by atoms with Gasteiger partial charge in [-0.05, 0) is 24.6 Å². The molecule has 90 valence electrons. The van der Waals surface area contributed by atoms with Gasteiger partial charge in [0.15, 0.2) is 0 Å². The van der Waals surface area contributed by atoms with Gasteiger partial charge in [0, 0.05) is 5.56 Å². The van der Waals surface area contributed by atoms with Gasteiger partial charge in [0.05, 0.1) is 12.1 Å². The Balaban J connectivity index is 1.82. The Kier molecular flexibility index (Phi) is 2.63. The molecule has 0 radical (unpaired) electrons. The molecular weight excluding hydrogens is 222 g/mol. The van der Waals surface area contributed by atoms with Crippen LogP contribution >= 0.6 is 0 Å². The molecule has 2 atom stereocenters. The van der Waals surface area contributed by atoms with Gasteiger partial charge in [-0.15, -0.1) is 0 Å². The molecule has 0 aliphatic carbocycles. The molecule has 1 saturated heterocycles. The number of carbonyl (C=O) groups excluding carboxylic acids is 1. The van der Waals surface area contributed by atoms with Crippen LogP contribution in [0.25, 0.3) is 0 Å². The van der Waals surface area contributed by atoms with Crippen LogP contribution < -0.4 is 0 Å². The van der Waals surface area contributed by atoms with E-state index in [1.165, 1.54) is 5.56 Å². The lowest BCUT2D eigenvalue weighted by atomic mass is 10.1. The fourth-order valence-corrected chi connectivity index (χ4v) is 2.48. The highest BCUT2D eigenvalue weighted by atomic mass is 16.2. The van der Waals surface area contributed by atoms with Crippen molar-refractivity contribution >= 4 is 5.91 Å². The van der Waals surface area contributed by atoms with Gasteiger partial charge in [-0.1, -0.05) is 48.5 Å². The van der Waals surface area contributed by atoms with Gasteiger partial charge in [-0.25, -0.2) is 0 Å². The molecule has 0 bridgehead atoms. The van der Waals surface area contributed by atoms with Gasteiger partial charge in [0.1, 0.15) is 0 Å². The molecule has 2 aromatic carbocycles. The molecule has 1 amide bonds. The summed E-state index contributed by atoms with van der Waals surface area (Å²) in [7, 11) is 0. The van der Waals surface area contributed by atoms with Crippen molar-refractivity contribution in [1.82, 2.24) is 4.90 Å². The summed E-state index contributed by atoms with van der Waals surface area (Å²) in [6.45, 7) is 2.10. The Labute approximate surface area is 107 Å². The third-order valence-electron chi connectivity index (χ3n) is 3.50. The molecule has 1 aliphatic heterocycles. The Morgan fingerprint density at radius 3 is 2.11 bits per heavy atom. The molecule has 2 aromatic rings. The molecule has 3 rings (SSSR count). The van der Waals surface area contributed by atoms with E-state index in [4.69, 9.17) is 0 Å². The molecule has 0 aromatic heterocycles. The van der Waals surface area contributed by atoms with E-state index in [1.807, 2.05) is 53.4 Å². The lowest BCUT2D eigenvalue weighted by molar-refractivity contribution is 0.0866. The highest BCUT2D eigenvalue weighted by Crippen LogP contribution is 2.43. The molecule has 1 heterocycles. The fourth-order valence-electron chi connectivity index (χ4n) is 2.48. The fraction of sp³-hybridized carbons (Fsp3) is 0.188. The van der Waals surface area contributed by atoms with Crippen molar-refractivity contribution in [3.63, 3.8) is 0 Å². The number of hydrogen-bond donors (Lipinski definition) is 0. The number of nitrogens with zero attached hydrogens (tertiary/aromatic N) is 1. The molecule has 2 nitrogen and oxygen atoms in total. The summed E-state index contributed by atoms with van der Waals surface area (Å²) >= 11 is 0. The van der Waals surface area contributed by atoms with Crippen LogP contribution in [0.2, 0.25) is 0 Å². The molecule has 0 spiro atoms. The maximum absolute atomic E-state index is 12.3. The molecule has 0 unspecified atom stereocenters. The molecule has 18 heavy (non-hydrogen) atoms. The van der Waals surface area contributed by atoms with E-state index in [0.717, 1.165) is 5.56 Å². The Morgan fingerprint density at radius 2 is 1.50 bits per heavy atom. The summed E-state index contributed by atoms with van der Waals surface area (Å²) < 4.78 is 0. The first-order valence-electron chi connectivity index (χ1n) is 6.21. The third-order valence-corrected chi connectivity index (χ3v) is 3.50. The largest absolute Gasteiger partial charge is 0.324 e. The summed E-state index contributed by atoms with van der Waals surface area (Å²) in [5.74, 6) is 0.122. The summed E-state index contributed by atoms with van der Waals surface area (Å²) in [4.78, 5) is 14.3. The van der Waals surface area contributed by atoms with Crippen LogP contribution in [0.15, 0.2) is 60.7 Å². The summed E-state index contributed by atoms with van der Waals surface area (Å²) in [5, 5.41) is 0. The number of rotatable bonds is 2. The van der Waals surface area contributed by atoms with Gasteiger partial charge in [-0.3, -0.25) is 4.79 Å². The third kappa shape index (κ3) is 1.80. The molecular formula is C16H15NO. The quantitative estimate of drug-likeness (QED) is 0.734. The van der Waals surface area contributed by atoms with Crippen LogP contribution in [-0.2, 0) is 0 Å². The van der Waals surface area contributed by atoms with Crippen LogP contribution in [0, 0.1) is 0 Å². The van der Waals surface area contributed by atoms with Crippen molar-refractivity contribution in [2.75, 3.05) is 0 Å². The molecule has 1 fully saturated rings. The van der Waals surface area contributed by atoms with E-state index in [9.17, 15) is 4.79 Å². The Hall–Kier alpha value is -2.09. The van der Waals surface area contributed by atoms with Crippen LogP contribution in [0.3, 0.4) is 0 Å². The van der Waals surface area contributed by atoms with Crippen LogP contribution in [-0.4, -0.2) is 16.8 Å². The van der Waals surface area contributed by atoms with Crippen LogP contribution in [0.1, 0.15) is 28.9 Å². The van der Waals surface area contributed by atoms with E-state index < -0.39 is 0 Å². The predicted octanol–water partition coefficient (Wildman–Crippen LogP) is 3.27. The number of benzene rings is 2. The summed E-state index contributed by atoms with van der Waals surface area (Å²) in [6, 6.07) is 20.2. The standard InChI is InChI=1S/C16H15NO/c1-12-15(13-8-4-2-5-9-13)17(12)16(18)14-10-6-3-7-11-14/h2-12,15H,1H3/t12-,15-,17?/m1/s1. The zero-order chi connectivity index (χ0) is 12.5. The second-order valence-electron chi connectivity index (χ2n) is 4.67. The van der Waals surface area contributed by atoms with E-state index in [1.54, 1.807) is 0 Å². The average molecular weight is 237 g/mol. The summed E-state index contributed by atoms with van der Waals surface area (Å²) in [5.41, 5.74) is 1.98. The minimum atomic E-state index is 0.122. The van der Waals surface area contributed by atoms with E-state index in [-0.39, 0.29) is 11.9 Å². The van der Waals surface area contributed by atoms with Gasteiger partial charge >= 0.3 is 0 Å². The predicted molar refractivity (Wildman–Crippen MR) is 71.3 cm³/mol. The Bertz CT molecular complexity index is 550. The summed E-state index contributed by atoms with van der Waals surface area (Å²) in [6.07, 6.45) is 0. The molecule has 0 saturated carbocycles. The normalized spacial score (nSPS) is 21.7. The maximum atomic E-state index is 12.3. The topological polar surface area (TPSA) is 20.1 Å². The van der Waals surface area contributed by atoms with Crippen molar-refractivity contribution in [1.29, 1.82) is 0 Å². The van der Waals surface area contributed by atoms with Crippen LogP contribution in [0.4, 0.5) is 0 Å². The highest BCUT2D eigenvalue weighted by Gasteiger charge is 2.48. The van der Waals surface area contributed by atoms with Gasteiger partial charge in [0.2, 0.25) is 0 Å². The van der Waals surface area contributed by atoms with E-state index >= 15 is 0 Å². The number of carbonyl (C=O) groups is 1.